The molecule has 1 aromatic carbocycles. The highest BCUT2D eigenvalue weighted by molar-refractivity contribution is 6.29. The summed E-state index contributed by atoms with van der Waals surface area (Å²) in [5, 5.41) is 0.275. The fourth-order valence-corrected chi connectivity index (χ4v) is 3.02. The Labute approximate surface area is 150 Å². The molecule has 7 heteroatoms. The number of nitrogens with zero attached hydrogens (tertiary/aromatic N) is 3. The van der Waals surface area contributed by atoms with Crippen molar-refractivity contribution in [3.63, 3.8) is 0 Å². The van der Waals surface area contributed by atoms with E-state index >= 15 is 0 Å². The molecule has 0 atom stereocenters. The molecule has 2 aromatic rings. The summed E-state index contributed by atoms with van der Waals surface area (Å²) in [7, 11) is 0. The zero-order valence-corrected chi connectivity index (χ0v) is 14.5. The number of anilines is 1. The number of carbonyl (C=O) groups is 2. The Morgan fingerprint density at radius 1 is 1.08 bits per heavy atom. The highest BCUT2D eigenvalue weighted by Crippen LogP contribution is 2.23. The molecule has 1 aromatic heterocycles. The van der Waals surface area contributed by atoms with Crippen molar-refractivity contribution in [1.29, 1.82) is 0 Å². The highest BCUT2D eigenvalue weighted by Gasteiger charge is 2.24. The van der Waals surface area contributed by atoms with Gasteiger partial charge in [-0.1, -0.05) is 11.6 Å². The molecule has 0 unspecified atom stereocenters. The molecule has 5 nitrogen and oxygen atoms in total. The fourth-order valence-electron chi connectivity index (χ4n) is 2.85. The van der Waals surface area contributed by atoms with E-state index in [2.05, 4.69) is 4.98 Å². The van der Waals surface area contributed by atoms with Crippen molar-refractivity contribution in [3.8, 4) is 0 Å². The first-order valence-electron chi connectivity index (χ1n) is 7.92. The van der Waals surface area contributed by atoms with Gasteiger partial charge in [0.2, 0.25) is 0 Å². The zero-order valence-electron chi connectivity index (χ0n) is 13.7. The number of hydrogen-bond acceptors (Lipinski definition) is 4. The Hall–Kier alpha value is -2.47. The minimum absolute atomic E-state index is 0.114. The van der Waals surface area contributed by atoms with Gasteiger partial charge in [-0.25, -0.2) is 9.37 Å². The van der Waals surface area contributed by atoms with Gasteiger partial charge >= 0.3 is 0 Å². The first kappa shape index (κ1) is 17.4. The summed E-state index contributed by atoms with van der Waals surface area (Å²) in [6.45, 7) is 3.39. The van der Waals surface area contributed by atoms with E-state index in [-0.39, 0.29) is 16.8 Å². The van der Waals surface area contributed by atoms with Crippen molar-refractivity contribution in [2.75, 3.05) is 31.1 Å². The summed E-state index contributed by atoms with van der Waals surface area (Å²) in [5.74, 6) is -0.707. The maximum absolute atomic E-state index is 14.3. The van der Waals surface area contributed by atoms with Crippen molar-refractivity contribution < 1.29 is 14.0 Å². The summed E-state index contributed by atoms with van der Waals surface area (Å²) in [4.78, 5) is 31.3. The van der Waals surface area contributed by atoms with Crippen LogP contribution >= 0.6 is 11.6 Å². The molecule has 1 amide bonds. The van der Waals surface area contributed by atoms with Crippen LogP contribution in [0.2, 0.25) is 5.15 Å². The predicted molar refractivity (Wildman–Crippen MR) is 93.8 cm³/mol. The van der Waals surface area contributed by atoms with Crippen LogP contribution < -0.4 is 4.90 Å². The van der Waals surface area contributed by atoms with Crippen LogP contribution in [0.25, 0.3) is 0 Å². The smallest absolute Gasteiger partial charge is 0.254 e. The van der Waals surface area contributed by atoms with Gasteiger partial charge in [0.25, 0.3) is 5.91 Å². The van der Waals surface area contributed by atoms with Gasteiger partial charge in [0.05, 0.1) is 5.69 Å². The first-order chi connectivity index (χ1) is 12.0. The highest BCUT2D eigenvalue weighted by atomic mass is 35.5. The molecule has 1 saturated heterocycles. The third-order valence-corrected chi connectivity index (χ3v) is 4.44. The number of carbonyl (C=O) groups excluding carboxylic acids is 2. The summed E-state index contributed by atoms with van der Waals surface area (Å²) >= 11 is 5.83. The number of benzene rings is 1. The van der Waals surface area contributed by atoms with Crippen LogP contribution in [0.1, 0.15) is 27.6 Å². The SMILES string of the molecule is CC(=O)c1ccc(N2CCN(C(=O)c3ccnc(Cl)c3)CC2)c(F)c1. The minimum atomic E-state index is -0.423. The third-order valence-electron chi connectivity index (χ3n) is 4.24. The topological polar surface area (TPSA) is 53.5 Å². The molecule has 130 valence electrons. The van der Waals surface area contributed by atoms with Gasteiger partial charge in [0.15, 0.2) is 5.78 Å². The second-order valence-corrected chi connectivity index (χ2v) is 6.26. The van der Waals surface area contributed by atoms with Crippen LogP contribution in [0.4, 0.5) is 10.1 Å². The summed E-state index contributed by atoms with van der Waals surface area (Å²) < 4.78 is 14.3. The number of hydrogen-bond donors (Lipinski definition) is 0. The zero-order chi connectivity index (χ0) is 18.0. The number of pyridine rings is 1. The predicted octanol–water partition coefficient (Wildman–Crippen LogP) is 3.04. The number of piperazine rings is 1. The van der Waals surface area contributed by atoms with E-state index in [1.165, 1.54) is 25.3 Å². The molecule has 0 spiro atoms. The third kappa shape index (κ3) is 3.79. The Balaban J connectivity index is 1.68. The van der Waals surface area contributed by atoms with Gasteiger partial charge in [-0.15, -0.1) is 0 Å². The van der Waals surface area contributed by atoms with E-state index in [1.807, 2.05) is 4.90 Å². The van der Waals surface area contributed by atoms with Crippen LogP contribution in [0.5, 0.6) is 0 Å². The van der Waals surface area contributed by atoms with E-state index in [9.17, 15) is 14.0 Å². The first-order valence-corrected chi connectivity index (χ1v) is 8.30. The molecule has 25 heavy (non-hydrogen) atoms. The van der Waals surface area contributed by atoms with Gasteiger partial charge in [-0.05, 0) is 37.3 Å². The van der Waals surface area contributed by atoms with Crippen molar-refractivity contribution >= 4 is 29.0 Å². The van der Waals surface area contributed by atoms with Gasteiger partial charge in [0.1, 0.15) is 11.0 Å². The average Bonchev–Trinajstić information content (AvgIpc) is 2.61. The fraction of sp³-hybridized carbons (Fsp3) is 0.278. The number of ketones is 1. The van der Waals surface area contributed by atoms with Crippen LogP contribution in [0.3, 0.4) is 0 Å². The molecule has 1 aliphatic rings. The van der Waals surface area contributed by atoms with E-state index < -0.39 is 5.82 Å². The molecule has 0 bridgehead atoms. The molecule has 2 heterocycles. The Morgan fingerprint density at radius 3 is 2.40 bits per heavy atom. The standard InChI is InChI=1S/C18H17ClFN3O2/c1-12(24)13-2-3-16(15(20)10-13)22-6-8-23(9-7-22)18(25)14-4-5-21-17(19)11-14/h2-5,10-11H,6-9H2,1H3. The Morgan fingerprint density at radius 2 is 1.80 bits per heavy atom. The number of rotatable bonds is 3. The molecule has 0 N–H and O–H groups in total. The molecule has 0 aliphatic carbocycles. The minimum Gasteiger partial charge on any atom is -0.366 e. The van der Waals surface area contributed by atoms with Gasteiger partial charge in [-0.2, -0.15) is 0 Å². The maximum Gasteiger partial charge on any atom is 0.254 e. The lowest BCUT2D eigenvalue weighted by Gasteiger charge is -2.36. The summed E-state index contributed by atoms with van der Waals surface area (Å²) in [5.41, 5.74) is 1.29. The Bertz CT molecular complexity index is 820. The van der Waals surface area contributed by atoms with Crippen LogP contribution in [0, 0.1) is 5.82 Å². The monoisotopic (exact) mass is 361 g/mol. The second kappa shape index (κ2) is 7.19. The number of halogens is 2. The van der Waals surface area contributed by atoms with Crippen molar-refractivity contribution in [1.82, 2.24) is 9.88 Å². The van der Waals surface area contributed by atoms with E-state index in [0.29, 0.717) is 43.0 Å². The van der Waals surface area contributed by atoms with Crippen molar-refractivity contribution in [3.05, 3.63) is 58.6 Å². The molecule has 3 rings (SSSR count). The lowest BCUT2D eigenvalue weighted by Crippen LogP contribution is -2.49. The number of amides is 1. The molecule has 0 radical (unpaired) electrons. The average molecular weight is 362 g/mol. The summed E-state index contributed by atoms with van der Waals surface area (Å²) in [6, 6.07) is 7.66. The van der Waals surface area contributed by atoms with Crippen LogP contribution in [0.15, 0.2) is 36.5 Å². The van der Waals surface area contributed by atoms with E-state index in [0.717, 1.165) is 0 Å². The molecule has 1 aliphatic heterocycles. The second-order valence-electron chi connectivity index (χ2n) is 5.87. The summed E-state index contributed by atoms with van der Waals surface area (Å²) in [6.07, 6.45) is 1.50. The number of Topliss-reactive ketones (excluding diaryl/α,β-unsaturated/α-hetero) is 1. The lowest BCUT2D eigenvalue weighted by molar-refractivity contribution is 0.0746. The van der Waals surface area contributed by atoms with E-state index in [4.69, 9.17) is 11.6 Å². The molecular weight excluding hydrogens is 345 g/mol. The largest absolute Gasteiger partial charge is 0.366 e. The Kier molecular flexibility index (Phi) is 4.99. The van der Waals surface area contributed by atoms with Crippen molar-refractivity contribution in [2.24, 2.45) is 0 Å². The lowest BCUT2D eigenvalue weighted by atomic mass is 10.1. The number of aromatic nitrogens is 1. The van der Waals surface area contributed by atoms with Crippen LogP contribution in [-0.2, 0) is 0 Å². The molecule has 0 saturated carbocycles. The van der Waals surface area contributed by atoms with Gasteiger partial charge in [-0.3, -0.25) is 9.59 Å². The quantitative estimate of drug-likeness (QED) is 0.623. The maximum atomic E-state index is 14.3. The molecular formula is C18H17ClFN3O2. The van der Waals surface area contributed by atoms with Gasteiger partial charge < -0.3 is 9.80 Å². The van der Waals surface area contributed by atoms with Gasteiger partial charge in [0, 0.05) is 43.5 Å². The van der Waals surface area contributed by atoms with E-state index in [1.54, 1.807) is 23.1 Å². The van der Waals surface area contributed by atoms with Crippen molar-refractivity contribution in [2.45, 2.75) is 6.92 Å². The molecule has 1 fully saturated rings. The normalized spacial score (nSPS) is 14.5. The van der Waals surface area contributed by atoms with Crippen LogP contribution in [-0.4, -0.2) is 47.8 Å².